The van der Waals surface area contributed by atoms with Crippen molar-refractivity contribution < 1.29 is 0 Å². The van der Waals surface area contributed by atoms with Crippen molar-refractivity contribution in [3.8, 4) is 0 Å². The van der Waals surface area contributed by atoms with E-state index in [1.165, 1.54) is 12.8 Å². The van der Waals surface area contributed by atoms with E-state index in [4.69, 9.17) is 5.73 Å². The van der Waals surface area contributed by atoms with Crippen LogP contribution in [-0.2, 0) is 6.54 Å². The van der Waals surface area contributed by atoms with Crippen LogP contribution in [0.5, 0.6) is 0 Å². The molecule has 1 fully saturated rings. The molecule has 1 saturated carbocycles. The van der Waals surface area contributed by atoms with Crippen LogP contribution in [0.4, 0.5) is 5.95 Å². The topological polar surface area (TPSA) is 63.8 Å². The first-order valence-electron chi connectivity index (χ1n) is 4.57. The lowest BCUT2D eigenvalue weighted by Gasteiger charge is -2.03. The van der Waals surface area contributed by atoms with Crippen LogP contribution in [-0.4, -0.2) is 16.0 Å². The molecule has 0 atom stereocenters. The van der Waals surface area contributed by atoms with E-state index >= 15 is 0 Å². The Labute approximate surface area is 77.6 Å². The highest BCUT2D eigenvalue weighted by Crippen LogP contribution is 2.19. The van der Waals surface area contributed by atoms with Crippen LogP contribution in [0.3, 0.4) is 0 Å². The number of nitrogens with two attached hydrogens (primary N) is 1. The fourth-order valence-corrected chi connectivity index (χ4v) is 1.29. The van der Waals surface area contributed by atoms with Gasteiger partial charge in [-0.2, -0.15) is 0 Å². The molecule has 0 aliphatic heterocycles. The van der Waals surface area contributed by atoms with Crippen molar-refractivity contribution >= 4 is 5.95 Å². The van der Waals surface area contributed by atoms with Gasteiger partial charge in [0.05, 0.1) is 5.69 Å². The van der Waals surface area contributed by atoms with Crippen LogP contribution >= 0.6 is 0 Å². The minimum absolute atomic E-state index is 0.368. The van der Waals surface area contributed by atoms with Gasteiger partial charge in [0.25, 0.3) is 0 Å². The number of hydrogen-bond donors (Lipinski definition) is 2. The van der Waals surface area contributed by atoms with Crippen molar-refractivity contribution in [3.63, 3.8) is 0 Å². The molecule has 0 unspecified atom stereocenters. The molecule has 0 amide bonds. The third-order valence-electron chi connectivity index (χ3n) is 2.07. The molecule has 70 valence electrons. The standard InChI is InChI=1S/C9H14N4/c1-6-4-8(13-9(10)12-6)5-11-7-2-3-7/h4,7,11H,2-3,5H2,1H3,(H2,10,12,13). The molecule has 1 heterocycles. The molecule has 2 rings (SSSR count). The molecule has 0 spiro atoms. The predicted octanol–water partition coefficient (Wildman–Crippen LogP) is 0.619. The van der Waals surface area contributed by atoms with Gasteiger partial charge in [0.15, 0.2) is 0 Å². The summed E-state index contributed by atoms with van der Waals surface area (Å²) in [5.74, 6) is 0.368. The average molecular weight is 178 g/mol. The second-order valence-electron chi connectivity index (χ2n) is 3.51. The minimum atomic E-state index is 0.368. The van der Waals surface area contributed by atoms with Crippen LogP contribution in [0.1, 0.15) is 24.2 Å². The molecule has 1 aliphatic rings. The van der Waals surface area contributed by atoms with Crippen LogP contribution in [0.25, 0.3) is 0 Å². The summed E-state index contributed by atoms with van der Waals surface area (Å²) in [5.41, 5.74) is 7.45. The minimum Gasteiger partial charge on any atom is -0.368 e. The van der Waals surface area contributed by atoms with Crippen molar-refractivity contribution in [3.05, 3.63) is 17.5 Å². The van der Waals surface area contributed by atoms with Gasteiger partial charge in [-0.25, -0.2) is 9.97 Å². The lowest BCUT2D eigenvalue weighted by molar-refractivity contribution is 0.673. The molecule has 13 heavy (non-hydrogen) atoms. The second-order valence-corrected chi connectivity index (χ2v) is 3.51. The van der Waals surface area contributed by atoms with E-state index in [0.29, 0.717) is 12.0 Å². The zero-order chi connectivity index (χ0) is 9.26. The number of anilines is 1. The number of nitrogen functional groups attached to an aromatic ring is 1. The van der Waals surface area contributed by atoms with Gasteiger partial charge in [-0.1, -0.05) is 0 Å². The quantitative estimate of drug-likeness (QED) is 0.712. The highest BCUT2D eigenvalue weighted by molar-refractivity contribution is 5.21. The number of nitrogens with one attached hydrogen (secondary N) is 1. The average Bonchev–Trinajstić information content (AvgIpc) is 2.81. The molecule has 0 bridgehead atoms. The Kier molecular flexibility index (Phi) is 2.14. The van der Waals surface area contributed by atoms with E-state index in [1.807, 2.05) is 13.0 Å². The molecule has 3 N–H and O–H groups in total. The highest BCUT2D eigenvalue weighted by Gasteiger charge is 2.20. The lowest BCUT2D eigenvalue weighted by atomic mass is 10.3. The van der Waals surface area contributed by atoms with E-state index in [-0.39, 0.29) is 0 Å². The summed E-state index contributed by atoms with van der Waals surface area (Å²) in [4.78, 5) is 8.15. The zero-order valence-electron chi connectivity index (χ0n) is 7.75. The Morgan fingerprint density at radius 1 is 1.54 bits per heavy atom. The SMILES string of the molecule is Cc1cc(CNC2CC2)nc(N)n1. The van der Waals surface area contributed by atoms with Gasteiger partial charge in [0, 0.05) is 18.3 Å². The van der Waals surface area contributed by atoms with Crippen molar-refractivity contribution in [1.82, 2.24) is 15.3 Å². The van der Waals surface area contributed by atoms with Crippen LogP contribution in [0, 0.1) is 6.92 Å². The summed E-state index contributed by atoms with van der Waals surface area (Å²) < 4.78 is 0. The molecule has 1 aromatic rings. The maximum Gasteiger partial charge on any atom is 0.220 e. The monoisotopic (exact) mass is 178 g/mol. The van der Waals surface area contributed by atoms with Crippen molar-refractivity contribution in [2.75, 3.05) is 5.73 Å². The normalized spacial score (nSPS) is 16.1. The summed E-state index contributed by atoms with van der Waals surface area (Å²) in [5, 5.41) is 3.38. The summed E-state index contributed by atoms with van der Waals surface area (Å²) in [6, 6.07) is 2.67. The molecular weight excluding hydrogens is 164 g/mol. The van der Waals surface area contributed by atoms with Gasteiger partial charge in [0.2, 0.25) is 5.95 Å². The molecule has 4 nitrogen and oxygen atoms in total. The van der Waals surface area contributed by atoms with Gasteiger partial charge >= 0.3 is 0 Å². The summed E-state index contributed by atoms with van der Waals surface area (Å²) in [6.07, 6.45) is 2.58. The molecule has 4 heteroatoms. The highest BCUT2D eigenvalue weighted by atomic mass is 15.0. The third kappa shape index (κ3) is 2.39. The van der Waals surface area contributed by atoms with Crippen molar-refractivity contribution in [2.45, 2.75) is 32.4 Å². The first-order chi connectivity index (χ1) is 6.24. The number of nitrogens with zero attached hydrogens (tertiary/aromatic N) is 2. The van der Waals surface area contributed by atoms with Crippen LogP contribution in [0.2, 0.25) is 0 Å². The smallest absolute Gasteiger partial charge is 0.220 e. The number of aromatic nitrogens is 2. The number of rotatable bonds is 3. The number of aryl methyl sites for hydroxylation is 1. The molecule has 0 saturated heterocycles. The van der Waals surface area contributed by atoms with Gasteiger partial charge < -0.3 is 11.1 Å². The van der Waals surface area contributed by atoms with Crippen molar-refractivity contribution in [1.29, 1.82) is 0 Å². The van der Waals surface area contributed by atoms with Crippen molar-refractivity contribution in [2.24, 2.45) is 0 Å². The Balaban J connectivity index is 2.01. The fraction of sp³-hybridized carbons (Fsp3) is 0.556. The Morgan fingerprint density at radius 3 is 2.92 bits per heavy atom. The van der Waals surface area contributed by atoms with E-state index < -0.39 is 0 Å². The molecular formula is C9H14N4. The zero-order valence-corrected chi connectivity index (χ0v) is 7.75. The first-order valence-corrected chi connectivity index (χ1v) is 4.57. The number of hydrogen-bond acceptors (Lipinski definition) is 4. The van der Waals surface area contributed by atoms with Crippen LogP contribution < -0.4 is 11.1 Å². The molecule has 0 aromatic carbocycles. The Bertz CT molecular complexity index is 286. The Morgan fingerprint density at radius 2 is 2.31 bits per heavy atom. The van der Waals surface area contributed by atoms with Crippen LogP contribution in [0.15, 0.2) is 6.07 Å². The summed E-state index contributed by atoms with van der Waals surface area (Å²) in [7, 11) is 0. The second kappa shape index (κ2) is 3.30. The molecule has 0 radical (unpaired) electrons. The van der Waals surface area contributed by atoms with E-state index in [1.54, 1.807) is 0 Å². The van der Waals surface area contributed by atoms with E-state index in [9.17, 15) is 0 Å². The van der Waals surface area contributed by atoms with Gasteiger partial charge in [-0.3, -0.25) is 0 Å². The molecule has 1 aliphatic carbocycles. The van der Waals surface area contributed by atoms with E-state index in [0.717, 1.165) is 17.9 Å². The maximum absolute atomic E-state index is 5.53. The third-order valence-corrected chi connectivity index (χ3v) is 2.07. The fourth-order valence-electron chi connectivity index (χ4n) is 1.29. The first kappa shape index (κ1) is 8.44. The predicted molar refractivity (Wildman–Crippen MR) is 51.0 cm³/mol. The maximum atomic E-state index is 5.53. The molecule has 1 aromatic heterocycles. The van der Waals surface area contributed by atoms with Gasteiger partial charge in [-0.05, 0) is 25.8 Å². The summed E-state index contributed by atoms with van der Waals surface area (Å²) >= 11 is 0. The van der Waals surface area contributed by atoms with E-state index in [2.05, 4.69) is 15.3 Å². The largest absolute Gasteiger partial charge is 0.368 e. The Hall–Kier alpha value is -1.16. The van der Waals surface area contributed by atoms with Gasteiger partial charge in [-0.15, -0.1) is 0 Å². The lowest BCUT2D eigenvalue weighted by Crippen LogP contribution is -2.17. The van der Waals surface area contributed by atoms with Gasteiger partial charge in [0.1, 0.15) is 0 Å². The summed E-state index contributed by atoms with van der Waals surface area (Å²) in [6.45, 7) is 2.73.